The molecule has 1 unspecified atom stereocenters. The van der Waals surface area contributed by atoms with Crippen LogP contribution in [-0.4, -0.2) is 35.5 Å². The molecule has 0 spiro atoms. The van der Waals surface area contributed by atoms with Crippen LogP contribution in [0.5, 0.6) is 5.75 Å². The molecule has 1 atom stereocenters. The van der Waals surface area contributed by atoms with Gasteiger partial charge in [-0.1, -0.05) is 0 Å². The molecule has 0 aliphatic heterocycles. The lowest BCUT2D eigenvalue weighted by Gasteiger charge is -2.14. The SMILES string of the molecule is CCOC(=O)C(C)c1ncc(C=O)n1-c1ccc(OC)cc1. The van der Waals surface area contributed by atoms with Crippen LogP contribution in [0.1, 0.15) is 36.1 Å². The van der Waals surface area contributed by atoms with Gasteiger partial charge in [0, 0.05) is 5.69 Å². The number of rotatable bonds is 6. The third kappa shape index (κ3) is 3.00. The van der Waals surface area contributed by atoms with E-state index >= 15 is 0 Å². The van der Waals surface area contributed by atoms with Crippen LogP contribution < -0.4 is 4.74 Å². The topological polar surface area (TPSA) is 70.4 Å². The molecule has 0 N–H and O–H groups in total. The number of aromatic nitrogens is 2. The first-order chi connectivity index (χ1) is 10.6. The van der Waals surface area contributed by atoms with Gasteiger partial charge in [-0.15, -0.1) is 0 Å². The van der Waals surface area contributed by atoms with Crippen molar-refractivity contribution in [2.24, 2.45) is 0 Å². The Labute approximate surface area is 128 Å². The van der Waals surface area contributed by atoms with Crippen molar-refractivity contribution in [1.29, 1.82) is 0 Å². The van der Waals surface area contributed by atoms with E-state index in [1.807, 2.05) is 0 Å². The van der Waals surface area contributed by atoms with Crippen molar-refractivity contribution in [3.8, 4) is 11.4 Å². The van der Waals surface area contributed by atoms with Gasteiger partial charge in [-0.3, -0.25) is 14.2 Å². The second-order valence-corrected chi connectivity index (χ2v) is 4.67. The maximum atomic E-state index is 11.9. The van der Waals surface area contributed by atoms with Crippen LogP contribution in [0.25, 0.3) is 5.69 Å². The minimum Gasteiger partial charge on any atom is -0.497 e. The summed E-state index contributed by atoms with van der Waals surface area (Å²) in [7, 11) is 1.58. The molecule has 22 heavy (non-hydrogen) atoms. The van der Waals surface area contributed by atoms with Gasteiger partial charge in [-0.2, -0.15) is 0 Å². The van der Waals surface area contributed by atoms with Crippen molar-refractivity contribution < 1.29 is 19.1 Å². The van der Waals surface area contributed by atoms with E-state index in [0.717, 1.165) is 5.69 Å². The lowest BCUT2D eigenvalue weighted by atomic mass is 10.1. The Kier molecular flexibility index (Phi) is 4.93. The number of hydrogen-bond donors (Lipinski definition) is 0. The second kappa shape index (κ2) is 6.89. The van der Waals surface area contributed by atoms with Gasteiger partial charge in [-0.25, -0.2) is 4.98 Å². The Morgan fingerprint density at radius 3 is 2.59 bits per heavy atom. The zero-order valence-electron chi connectivity index (χ0n) is 12.8. The summed E-state index contributed by atoms with van der Waals surface area (Å²) in [6, 6.07) is 7.16. The smallest absolute Gasteiger partial charge is 0.316 e. The van der Waals surface area contributed by atoms with Gasteiger partial charge >= 0.3 is 5.97 Å². The van der Waals surface area contributed by atoms with Crippen LogP contribution >= 0.6 is 0 Å². The third-order valence-electron chi connectivity index (χ3n) is 3.30. The van der Waals surface area contributed by atoms with Gasteiger partial charge < -0.3 is 9.47 Å². The molecule has 1 aromatic carbocycles. The lowest BCUT2D eigenvalue weighted by molar-refractivity contribution is -0.144. The van der Waals surface area contributed by atoms with Gasteiger partial charge in [0.25, 0.3) is 0 Å². The molecule has 1 aromatic heterocycles. The number of hydrogen-bond acceptors (Lipinski definition) is 5. The third-order valence-corrected chi connectivity index (χ3v) is 3.30. The average molecular weight is 302 g/mol. The number of benzene rings is 1. The summed E-state index contributed by atoms with van der Waals surface area (Å²) < 4.78 is 11.8. The molecular weight excluding hydrogens is 284 g/mol. The highest BCUT2D eigenvalue weighted by molar-refractivity contribution is 5.78. The Hall–Kier alpha value is -2.63. The van der Waals surface area contributed by atoms with Crippen LogP contribution in [-0.2, 0) is 9.53 Å². The summed E-state index contributed by atoms with van der Waals surface area (Å²) in [5.74, 6) is 0.221. The quantitative estimate of drug-likeness (QED) is 0.605. The largest absolute Gasteiger partial charge is 0.497 e. The first kappa shape index (κ1) is 15.8. The number of aldehydes is 1. The maximum Gasteiger partial charge on any atom is 0.316 e. The van der Waals surface area contributed by atoms with E-state index in [2.05, 4.69) is 4.98 Å². The standard InChI is InChI=1S/C16H18N2O4/c1-4-22-16(20)11(2)15-17-9-13(10-19)18(15)12-5-7-14(21-3)8-6-12/h5-11H,4H2,1-3H3. The van der Waals surface area contributed by atoms with E-state index in [-0.39, 0.29) is 5.97 Å². The summed E-state index contributed by atoms with van der Waals surface area (Å²) in [6.07, 6.45) is 2.15. The summed E-state index contributed by atoms with van der Waals surface area (Å²) in [5.41, 5.74) is 1.10. The van der Waals surface area contributed by atoms with Crippen molar-refractivity contribution in [3.63, 3.8) is 0 Å². The van der Waals surface area contributed by atoms with E-state index in [9.17, 15) is 9.59 Å². The maximum absolute atomic E-state index is 11.9. The predicted molar refractivity (Wildman–Crippen MR) is 80.6 cm³/mol. The Morgan fingerprint density at radius 1 is 1.36 bits per heavy atom. The molecule has 116 valence electrons. The van der Waals surface area contributed by atoms with E-state index in [1.54, 1.807) is 49.8 Å². The number of ether oxygens (including phenoxy) is 2. The zero-order valence-corrected chi connectivity index (χ0v) is 12.8. The Bertz CT molecular complexity index is 661. The molecule has 2 aromatic rings. The highest BCUT2D eigenvalue weighted by atomic mass is 16.5. The molecule has 6 nitrogen and oxygen atoms in total. The molecule has 0 radical (unpaired) electrons. The van der Waals surface area contributed by atoms with Crippen molar-refractivity contribution >= 4 is 12.3 Å². The number of esters is 1. The van der Waals surface area contributed by atoms with E-state index in [1.165, 1.54) is 6.20 Å². The van der Waals surface area contributed by atoms with Crippen LogP contribution in [0, 0.1) is 0 Å². The van der Waals surface area contributed by atoms with Crippen molar-refractivity contribution in [1.82, 2.24) is 9.55 Å². The molecule has 2 rings (SSSR count). The van der Waals surface area contributed by atoms with Crippen LogP contribution in [0.3, 0.4) is 0 Å². The first-order valence-corrected chi connectivity index (χ1v) is 6.96. The number of nitrogens with zero attached hydrogens (tertiary/aromatic N) is 2. The van der Waals surface area contributed by atoms with Crippen LogP contribution in [0.4, 0.5) is 0 Å². The summed E-state index contributed by atoms with van der Waals surface area (Å²) in [5, 5.41) is 0. The average Bonchev–Trinajstić information content (AvgIpc) is 2.98. The van der Waals surface area contributed by atoms with E-state index in [4.69, 9.17) is 9.47 Å². The number of imidazole rings is 1. The number of carbonyl (C=O) groups is 2. The van der Waals surface area contributed by atoms with E-state index in [0.29, 0.717) is 30.2 Å². The zero-order chi connectivity index (χ0) is 16.1. The predicted octanol–water partition coefficient (Wildman–Crippen LogP) is 2.36. The van der Waals surface area contributed by atoms with Gasteiger partial charge in [0.2, 0.25) is 0 Å². The fourth-order valence-electron chi connectivity index (χ4n) is 2.15. The molecule has 0 fully saturated rings. The van der Waals surface area contributed by atoms with Crippen LogP contribution in [0.2, 0.25) is 0 Å². The fraction of sp³-hybridized carbons (Fsp3) is 0.312. The lowest BCUT2D eigenvalue weighted by Crippen LogP contribution is -2.17. The normalized spacial score (nSPS) is 11.8. The van der Waals surface area contributed by atoms with Crippen molar-refractivity contribution in [3.05, 3.63) is 42.0 Å². The highest BCUT2D eigenvalue weighted by Crippen LogP contribution is 2.23. The summed E-state index contributed by atoms with van der Waals surface area (Å²) >= 11 is 0. The molecule has 0 saturated carbocycles. The molecular formula is C16H18N2O4. The molecule has 0 aliphatic rings. The number of carbonyl (C=O) groups excluding carboxylic acids is 2. The highest BCUT2D eigenvalue weighted by Gasteiger charge is 2.24. The van der Waals surface area contributed by atoms with Gasteiger partial charge in [-0.05, 0) is 38.1 Å². The van der Waals surface area contributed by atoms with Crippen molar-refractivity contribution in [2.45, 2.75) is 19.8 Å². The fourth-order valence-corrected chi connectivity index (χ4v) is 2.15. The van der Waals surface area contributed by atoms with E-state index < -0.39 is 5.92 Å². The Morgan fingerprint density at radius 2 is 2.05 bits per heavy atom. The number of methoxy groups -OCH3 is 1. The molecule has 0 amide bonds. The summed E-state index contributed by atoms with van der Waals surface area (Å²) in [4.78, 5) is 27.4. The minimum atomic E-state index is -0.573. The molecule has 1 heterocycles. The molecule has 6 heteroatoms. The first-order valence-electron chi connectivity index (χ1n) is 6.96. The van der Waals surface area contributed by atoms with Gasteiger partial charge in [0.05, 0.1) is 19.9 Å². The molecule has 0 aliphatic carbocycles. The monoisotopic (exact) mass is 302 g/mol. The van der Waals surface area contributed by atoms with Gasteiger partial charge in [0.15, 0.2) is 6.29 Å². The molecule has 0 bridgehead atoms. The minimum absolute atomic E-state index is 0.299. The van der Waals surface area contributed by atoms with Crippen LogP contribution in [0.15, 0.2) is 30.5 Å². The van der Waals surface area contributed by atoms with Crippen molar-refractivity contribution in [2.75, 3.05) is 13.7 Å². The van der Waals surface area contributed by atoms with Gasteiger partial charge in [0.1, 0.15) is 23.2 Å². The molecule has 0 saturated heterocycles. The summed E-state index contributed by atoms with van der Waals surface area (Å²) in [6.45, 7) is 3.75. The Balaban J connectivity index is 2.46. The second-order valence-electron chi connectivity index (χ2n) is 4.67.